The molecular formula is C48H51N15O4. The molecule has 19 heteroatoms. The average Bonchev–Trinajstić information content (AvgIpc) is 4.16. The highest BCUT2D eigenvalue weighted by molar-refractivity contribution is 5.97. The fourth-order valence-corrected chi connectivity index (χ4v) is 7.41. The van der Waals surface area contributed by atoms with E-state index in [2.05, 4.69) is 59.4 Å². The van der Waals surface area contributed by atoms with Gasteiger partial charge in [-0.15, -0.1) is 0 Å². The van der Waals surface area contributed by atoms with Gasteiger partial charge in [0, 0.05) is 118 Å². The Hall–Kier alpha value is -8.50. The zero-order valence-electron chi connectivity index (χ0n) is 37.5. The van der Waals surface area contributed by atoms with E-state index in [1.165, 1.54) is 11.1 Å². The second-order valence-electron chi connectivity index (χ2n) is 16.3. The number of aromatic nitrogens is 5. The van der Waals surface area contributed by atoms with Crippen molar-refractivity contribution >= 4 is 29.3 Å². The minimum atomic E-state index is -0.290. The molecule has 0 aromatic carbocycles. The first kappa shape index (κ1) is 48.0. The molecule has 0 saturated carbocycles. The van der Waals surface area contributed by atoms with E-state index in [4.69, 9.17) is 15.8 Å². The highest BCUT2D eigenvalue weighted by atomic mass is 16.2. The molecule has 8 heterocycles. The number of anilines is 1. The van der Waals surface area contributed by atoms with Gasteiger partial charge in [-0.2, -0.15) is 15.8 Å². The summed E-state index contributed by atoms with van der Waals surface area (Å²) in [5.41, 5.74) is 4.97. The number of hydrogen-bond acceptors (Lipinski definition) is 15. The summed E-state index contributed by atoms with van der Waals surface area (Å²) >= 11 is 0. The van der Waals surface area contributed by atoms with E-state index in [0.717, 1.165) is 41.8 Å². The number of nitrogens with one attached hydrogen (secondary N) is 3. The molecule has 0 spiro atoms. The third-order valence-corrected chi connectivity index (χ3v) is 11.1. The Balaban J connectivity index is 0.000000166. The number of amides is 4. The third-order valence-electron chi connectivity index (χ3n) is 11.1. The fourth-order valence-electron chi connectivity index (χ4n) is 7.41. The molecule has 5 aromatic heterocycles. The molecule has 342 valence electrons. The van der Waals surface area contributed by atoms with E-state index in [-0.39, 0.29) is 53.4 Å². The monoisotopic (exact) mass is 901 g/mol. The summed E-state index contributed by atoms with van der Waals surface area (Å²) in [6.07, 6.45) is 16.8. The van der Waals surface area contributed by atoms with Crippen LogP contribution in [0.2, 0.25) is 0 Å². The average molecular weight is 902 g/mol. The van der Waals surface area contributed by atoms with Crippen molar-refractivity contribution in [2.24, 2.45) is 5.92 Å². The van der Waals surface area contributed by atoms with E-state index in [1.807, 2.05) is 62.4 Å². The Morgan fingerprint density at radius 2 is 1.06 bits per heavy atom. The van der Waals surface area contributed by atoms with Gasteiger partial charge in [0.2, 0.25) is 5.91 Å². The van der Waals surface area contributed by atoms with Gasteiger partial charge < -0.3 is 35.6 Å². The predicted octanol–water partition coefficient (Wildman–Crippen LogP) is 3.84. The van der Waals surface area contributed by atoms with Gasteiger partial charge in [-0.25, -0.2) is 0 Å². The molecule has 67 heavy (non-hydrogen) atoms. The first-order valence-electron chi connectivity index (χ1n) is 21.8. The van der Waals surface area contributed by atoms with Crippen molar-refractivity contribution in [3.63, 3.8) is 0 Å². The Morgan fingerprint density at radius 3 is 1.49 bits per heavy atom. The van der Waals surface area contributed by atoms with Crippen molar-refractivity contribution in [1.29, 1.82) is 15.8 Å². The Bertz CT molecular complexity index is 2610. The van der Waals surface area contributed by atoms with Crippen LogP contribution in [0, 0.1) is 40.3 Å². The molecule has 3 fully saturated rings. The van der Waals surface area contributed by atoms with E-state index < -0.39 is 0 Å². The van der Waals surface area contributed by atoms with Crippen LogP contribution < -0.4 is 20.9 Å². The van der Waals surface area contributed by atoms with Crippen molar-refractivity contribution in [2.75, 3.05) is 51.2 Å². The molecule has 0 aliphatic carbocycles. The zero-order valence-corrected chi connectivity index (χ0v) is 37.5. The molecule has 8 rings (SSSR count). The lowest BCUT2D eigenvalue weighted by Crippen LogP contribution is -2.37. The molecule has 3 N–H and O–H groups in total. The van der Waals surface area contributed by atoms with Crippen LogP contribution in [0.5, 0.6) is 0 Å². The lowest BCUT2D eigenvalue weighted by Gasteiger charge is -2.20. The summed E-state index contributed by atoms with van der Waals surface area (Å²) in [6.45, 7) is 7.32. The molecule has 0 unspecified atom stereocenters. The lowest BCUT2D eigenvalue weighted by atomic mass is 10.1. The van der Waals surface area contributed by atoms with Gasteiger partial charge >= 0.3 is 0 Å². The summed E-state index contributed by atoms with van der Waals surface area (Å²) in [7, 11) is 1.68. The third kappa shape index (κ3) is 13.5. The van der Waals surface area contributed by atoms with Crippen LogP contribution >= 0.6 is 0 Å². The SMILES string of the molecule is CC(C)C(=O)N(C)c1ccnc(C(=O)N[C@@H]2CCN(C#N)C2)c1.N#CN1CC[C@@H](NC(=O)c2cc(-c3ccccn3)ccn2)C1.N#CN1CC[C@@H](NC(=O)c2ccc(-c3ccccn3)cn2)C1. The van der Waals surface area contributed by atoms with Gasteiger partial charge in [-0.3, -0.25) is 44.1 Å². The number of carbonyl (C=O) groups is 4. The number of pyridine rings is 5. The molecule has 4 amide bonds. The van der Waals surface area contributed by atoms with Crippen LogP contribution in [0.1, 0.15) is 64.6 Å². The van der Waals surface area contributed by atoms with Crippen molar-refractivity contribution in [1.82, 2.24) is 55.6 Å². The molecule has 5 aromatic rings. The maximum atomic E-state index is 12.3. The number of carbonyl (C=O) groups excluding carboxylic acids is 4. The standard InChI is InChI=1S/C16H21N5O2.2C16H15N5O/c1-11(2)16(23)20(3)13-4-6-18-14(8-13)15(22)19-12-5-7-21(9-12)10-17;17-11-21-8-5-13(10-21)20-16(22)15-9-12(4-7-19-15)14-3-1-2-6-18-14;17-11-21-8-6-13(10-21)20-16(22)15-5-4-12(9-19-15)14-3-1-2-7-18-14/h4,6,8,11-12H,5,7,9H2,1-3H3,(H,19,22);1-4,6-7,9,13H,5,8,10H2,(H,20,22);1-5,7,9,13H,6,8,10H2,(H,20,22)/t12-;2*13-/m111/s1. The summed E-state index contributed by atoms with van der Waals surface area (Å²) in [6, 6.07) is 21.6. The van der Waals surface area contributed by atoms with Crippen LogP contribution in [-0.2, 0) is 4.79 Å². The van der Waals surface area contributed by atoms with Crippen LogP contribution in [0.3, 0.4) is 0 Å². The van der Waals surface area contributed by atoms with E-state index in [9.17, 15) is 19.2 Å². The summed E-state index contributed by atoms with van der Waals surface area (Å²) in [4.78, 5) is 76.1. The molecule has 3 aliphatic rings. The largest absolute Gasteiger partial charge is 0.346 e. The molecule has 0 radical (unpaired) electrons. The summed E-state index contributed by atoms with van der Waals surface area (Å²) in [5.74, 6) is -0.870. The van der Waals surface area contributed by atoms with Crippen molar-refractivity contribution in [3.05, 3.63) is 121 Å². The Labute approximate surface area is 389 Å². The topological polar surface area (TPSA) is 253 Å². The fraction of sp³-hybridized carbons (Fsp3) is 0.333. The van der Waals surface area contributed by atoms with Crippen molar-refractivity contribution in [3.8, 4) is 41.1 Å². The predicted molar refractivity (Wildman–Crippen MR) is 247 cm³/mol. The van der Waals surface area contributed by atoms with Crippen LogP contribution in [0.4, 0.5) is 5.69 Å². The van der Waals surface area contributed by atoms with E-state index in [1.54, 1.807) is 70.8 Å². The molecule has 19 nitrogen and oxygen atoms in total. The zero-order chi connectivity index (χ0) is 47.7. The van der Waals surface area contributed by atoms with Crippen LogP contribution in [-0.4, -0.2) is 128 Å². The van der Waals surface area contributed by atoms with Crippen LogP contribution in [0.15, 0.2) is 104 Å². The van der Waals surface area contributed by atoms with Crippen molar-refractivity contribution in [2.45, 2.75) is 51.2 Å². The minimum Gasteiger partial charge on any atom is -0.346 e. The van der Waals surface area contributed by atoms with Crippen molar-refractivity contribution < 1.29 is 19.2 Å². The number of nitriles is 3. The normalized spacial score (nSPS) is 17.0. The Kier molecular flexibility index (Phi) is 16.8. The van der Waals surface area contributed by atoms with Gasteiger partial charge in [-0.05, 0) is 79.9 Å². The lowest BCUT2D eigenvalue weighted by molar-refractivity contribution is -0.121. The van der Waals surface area contributed by atoms with Gasteiger partial charge in [0.15, 0.2) is 18.6 Å². The molecule has 0 bridgehead atoms. The second-order valence-corrected chi connectivity index (χ2v) is 16.3. The Morgan fingerprint density at radius 1 is 0.582 bits per heavy atom. The molecule has 3 aliphatic heterocycles. The quantitative estimate of drug-likeness (QED) is 0.168. The highest BCUT2D eigenvalue weighted by Crippen LogP contribution is 2.19. The van der Waals surface area contributed by atoms with Crippen LogP contribution in [0.25, 0.3) is 22.5 Å². The summed E-state index contributed by atoms with van der Waals surface area (Å²) in [5, 5.41) is 35.2. The maximum Gasteiger partial charge on any atom is 0.270 e. The van der Waals surface area contributed by atoms with E-state index >= 15 is 0 Å². The number of likely N-dealkylation sites (tertiary alicyclic amines) is 3. The summed E-state index contributed by atoms with van der Waals surface area (Å²) < 4.78 is 0. The van der Waals surface area contributed by atoms with Gasteiger partial charge in [0.1, 0.15) is 17.1 Å². The number of nitrogens with zero attached hydrogens (tertiary/aromatic N) is 12. The smallest absolute Gasteiger partial charge is 0.270 e. The van der Waals surface area contributed by atoms with Gasteiger partial charge in [-0.1, -0.05) is 26.0 Å². The number of rotatable bonds is 10. The molecule has 3 atom stereocenters. The first-order chi connectivity index (χ1) is 32.4. The second kappa shape index (κ2) is 23.4. The van der Waals surface area contributed by atoms with Gasteiger partial charge in [0.25, 0.3) is 17.7 Å². The minimum absolute atomic E-state index is 0.00409. The first-order valence-corrected chi connectivity index (χ1v) is 21.8. The maximum absolute atomic E-state index is 12.3. The van der Waals surface area contributed by atoms with E-state index in [0.29, 0.717) is 56.3 Å². The molecule has 3 saturated heterocycles. The molecular weight excluding hydrogens is 851 g/mol. The van der Waals surface area contributed by atoms with Gasteiger partial charge in [0.05, 0.1) is 11.4 Å². The number of hydrogen-bond donors (Lipinski definition) is 3. The highest BCUT2D eigenvalue weighted by Gasteiger charge is 2.26.